The molecule has 0 saturated heterocycles. The fourth-order valence-corrected chi connectivity index (χ4v) is 3.00. The Kier molecular flexibility index (Phi) is 4.28. The van der Waals surface area contributed by atoms with Crippen molar-refractivity contribution >= 4 is 27.5 Å². The van der Waals surface area contributed by atoms with E-state index in [2.05, 4.69) is 22.0 Å². The van der Waals surface area contributed by atoms with Crippen molar-refractivity contribution in [3.8, 4) is 0 Å². The molecule has 0 radical (unpaired) electrons. The summed E-state index contributed by atoms with van der Waals surface area (Å²) in [5.74, 6) is 0.641. The third-order valence-corrected chi connectivity index (χ3v) is 4.70. The van der Waals surface area contributed by atoms with E-state index in [0.29, 0.717) is 5.92 Å². The molecule has 3 heteroatoms. The van der Waals surface area contributed by atoms with Gasteiger partial charge in [-0.3, -0.25) is 0 Å². The lowest BCUT2D eigenvalue weighted by molar-refractivity contribution is 0.308. The second-order valence-electron chi connectivity index (χ2n) is 4.60. The topological polar surface area (TPSA) is 26.0 Å². The molecule has 0 amide bonds. The molecule has 1 aliphatic rings. The summed E-state index contributed by atoms with van der Waals surface area (Å²) < 4.78 is 0.943. The van der Waals surface area contributed by atoms with Crippen LogP contribution in [0.15, 0.2) is 22.7 Å². The lowest BCUT2D eigenvalue weighted by Gasteiger charge is -2.27. The van der Waals surface area contributed by atoms with E-state index in [1.807, 2.05) is 12.1 Å². The summed E-state index contributed by atoms with van der Waals surface area (Å²) in [5.41, 5.74) is 7.52. The van der Waals surface area contributed by atoms with Gasteiger partial charge in [0.15, 0.2) is 0 Å². The van der Waals surface area contributed by atoms with Gasteiger partial charge < -0.3 is 5.73 Å². The molecule has 1 fully saturated rings. The Morgan fingerprint density at radius 1 is 1.25 bits per heavy atom. The van der Waals surface area contributed by atoms with Gasteiger partial charge in [0.25, 0.3) is 0 Å². The zero-order valence-corrected chi connectivity index (χ0v) is 11.6. The minimum atomic E-state index is 0.161. The third-order valence-electron chi connectivity index (χ3n) is 3.49. The van der Waals surface area contributed by atoms with Crippen LogP contribution in [0.1, 0.15) is 43.7 Å². The molecule has 1 aromatic carbocycles. The van der Waals surface area contributed by atoms with E-state index >= 15 is 0 Å². The zero-order valence-electron chi connectivity index (χ0n) is 9.26. The fourth-order valence-electron chi connectivity index (χ4n) is 2.49. The molecule has 0 bridgehead atoms. The first-order chi connectivity index (χ1) is 7.68. The quantitative estimate of drug-likeness (QED) is 0.843. The van der Waals surface area contributed by atoms with Gasteiger partial charge in [0.2, 0.25) is 0 Å². The standard InChI is InChI=1S/C13H17BrClN/c14-11-8-10(6-7-12(11)15)13(16)9-4-2-1-3-5-9/h6-9,13H,1-5,16H2/t13-/m0/s1. The van der Waals surface area contributed by atoms with Crippen LogP contribution in [-0.4, -0.2) is 0 Å². The molecule has 1 atom stereocenters. The van der Waals surface area contributed by atoms with Gasteiger partial charge in [-0.25, -0.2) is 0 Å². The summed E-state index contributed by atoms with van der Waals surface area (Å²) in [6.07, 6.45) is 6.55. The average molecular weight is 303 g/mol. The van der Waals surface area contributed by atoms with Crippen LogP contribution in [0.4, 0.5) is 0 Å². The van der Waals surface area contributed by atoms with Gasteiger partial charge >= 0.3 is 0 Å². The molecule has 1 nitrogen and oxygen atoms in total. The monoisotopic (exact) mass is 301 g/mol. The highest BCUT2D eigenvalue weighted by molar-refractivity contribution is 9.10. The van der Waals surface area contributed by atoms with Gasteiger partial charge in [0.05, 0.1) is 5.02 Å². The molecule has 0 unspecified atom stereocenters. The van der Waals surface area contributed by atoms with Gasteiger partial charge in [-0.1, -0.05) is 36.9 Å². The minimum Gasteiger partial charge on any atom is -0.324 e. The maximum absolute atomic E-state index is 6.32. The highest BCUT2D eigenvalue weighted by atomic mass is 79.9. The first-order valence-electron chi connectivity index (χ1n) is 5.89. The van der Waals surface area contributed by atoms with E-state index in [0.717, 1.165) is 9.50 Å². The number of hydrogen-bond donors (Lipinski definition) is 1. The Bertz CT molecular complexity index is 361. The SMILES string of the molecule is N[C@H](c1ccc(Cl)c(Br)c1)C1CCCCC1. The van der Waals surface area contributed by atoms with Crippen LogP contribution in [0.3, 0.4) is 0 Å². The van der Waals surface area contributed by atoms with Crippen molar-refractivity contribution in [3.05, 3.63) is 33.3 Å². The van der Waals surface area contributed by atoms with Gasteiger partial charge in [0.1, 0.15) is 0 Å². The summed E-state index contributed by atoms with van der Waals surface area (Å²) >= 11 is 9.43. The minimum absolute atomic E-state index is 0.161. The number of halogens is 2. The molecular weight excluding hydrogens is 286 g/mol. The predicted molar refractivity (Wildman–Crippen MR) is 72.7 cm³/mol. The van der Waals surface area contributed by atoms with E-state index in [4.69, 9.17) is 17.3 Å². The van der Waals surface area contributed by atoms with E-state index in [9.17, 15) is 0 Å². The molecular formula is C13H17BrClN. The van der Waals surface area contributed by atoms with E-state index in [1.54, 1.807) is 0 Å². The second-order valence-corrected chi connectivity index (χ2v) is 5.86. The molecule has 2 N–H and O–H groups in total. The highest BCUT2D eigenvalue weighted by Gasteiger charge is 2.22. The predicted octanol–water partition coefficient (Wildman–Crippen LogP) is 4.68. The number of rotatable bonds is 2. The molecule has 0 aliphatic heterocycles. The van der Waals surface area contributed by atoms with Crippen molar-refractivity contribution in [1.29, 1.82) is 0 Å². The maximum atomic E-state index is 6.32. The lowest BCUT2D eigenvalue weighted by Crippen LogP contribution is -2.23. The average Bonchev–Trinajstić information content (AvgIpc) is 2.33. The van der Waals surface area contributed by atoms with Crippen molar-refractivity contribution in [2.75, 3.05) is 0 Å². The molecule has 0 spiro atoms. The normalized spacial score (nSPS) is 19.7. The van der Waals surface area contributed by atoms with E-state index < -0.39 is 0 Å². The Balaban J connectivity index is 2.12. The van der Waals surface area contributed by atoms with Crippen LogP contribution >= 0.6 is 27.5 Å². The molecule has 1 aromatic rings. The molecule has 16 heavy (non-hydrogen) atoms. The van der Waals surface area contributed by atoms with Gasteiger partial charge in [-0.2, -0.15) is 0 Å². The Morgan fingerprint density at radius 2 is 1.94 bits per heavy atom. The van der Waals surface area contributed by atoms with Crippen molar-refractivity contribution < 1.29 is 0 Å². The van der Waals surface area contributed by atoms with Crippen LogP contribution < -0.4 is 5.73 Å². The van der Waals surface area contributed by atoms with Crippen LogP contribution in [0, 0.1) is 5.92 Å². The van der Waals surface area contributed by atoms with Gasteiger partial charge in [-0.05, 0) is 52.4 Å². The molecule has 0 heterocycles. The van der Waals surface area contributed by atoms with Crippen molar-refractivity contribution in [1.82, 2.24) is 0 Å². The van der Waals surface area contributed by atoms with E-state index in [1.165, 1.54) is 37.7 Å². The first kappa shape index (κ1) is 12.4. The van der Waals surface area contributed by atoms with Crippen LogP contribution in [0.25, 0.3) is 0 Å². The Labute approximate surface area is 110 Å². The van der Waals surface area contributed by atoms with Crippen molar-refractivity contribution in [3.63, 3.8) is 0 Å². The number of benzene rings is 1. The maximum Gasteiger partial charge on any atom is 0.0548 e. The second kappa shape index (κ2) is 5.52. The fraction of sp³-hybridized carbons (Fsp3) is 0.538. The highest BCUT2D eigenvalue weighted by Crippen LogP contribution is 2.34. The Hall–Kier alpha value is -0.0500. The lowest BCUT2D eigenvalue weighted by atomic mass is 9.81. The summed E-state index contributed by atoms with van der Waals surface area (Å²) in [6.45, 7) is 0. The Morgan fingerprint density at radius 3 is 2.56 bits per heavy atom. The van der Waals surface area contributed by atoms with E-state index in [-0.39, 0.29) is 6.04 Å². The van der Waals surface area contributed by atoms with Crippen LogP contribution in [0.5, 0.6) is 0 Å². The number of nitrogens with two attached hydrogens (primary N) is 1. The molecule has 1 saturated carbocycles. The van der Waals surface area contributed by atoms with Crippen LogP contribution in [0.2, 0.25) is 5.02 Å². The smallest absolute Gasteiger partial charge is 0.0548 e. The molecule has 0 aromatic heterocycles. The molecule has 1 aliphatic carbocycles. The van der Waals surface area contributed by atoms with Crippen molar-refractivity contribution in [2.45, 2.75) is 38.1 Å². The molecule has 88 valence electrons. The summed E-state index contributed by atoms with van der Waals surface area (Å²) in [6, 6.07) is 6.19. The van der Waals surface area contributed by atoms with Gasteiger partial charge in [-0.15, -0.1) is 0 Å². The summed E-state index contributed by atoms with van der Waals surface area (Å²) in [4.78, 5) is 0. The zero-order chi connectivity index (χ0) is 11.5. The summed E-state index contributed by atoms with van der Waals surface area (Å²) in [7, 11) is 0. The van der Waals surface area contributed by atoms with Crippen molar-refractivity contribution in [2.24, 2.45) is 11.7 Å². The largest absolute Gasteiger partial charge is 0.324 e. The van der Waals surface area contributed by atoms with Crippen LogP contribution in [-0.2, 0) is 0 Å². The van der Waals surface area contributed by atoms with Gasteiger partial charge in [0, 0.05) is 10.5 Å². The number of hydrogen-bond acceptors (Lipinski definition) is 1. The summed E-state index contributed by atoms with van der Waals surface area (Å²) in [5, 5.41) is 0.750. The molecule has 2 rings (SSSR count). The third kappa shape index (κ3) is 2.79. The first-order valence-corrected chi connectivity index (χ1v) is 7.06.